The van der Waals surface area contributed by atoms with Gasteiger partial charge >= 0.3 is 5.97 Å². The topological polar surface area (TPSA) is 111 Å². The van der Waals surface area contributed by atoms with E-state index >= 15 is 0 Å². The number of aromatic amines is 1. The highest BCUT2D eigenvalue weighted by molar-refractivity contribution is 7.16. The van der Waals surface area contributed by atoms with E-state index in [1.807, 2.05) is 23.2 Å². The van der Waals surface area contributed by atoms with E-state index in [0.29, 0.717) is 41.0 Å². The fourth-order valence-corrected chi connectivity index (χ4v) is 6.85. The summed E-state index contributed by atoms with van der Waals surface area (Å²) in [4.78, 5) is 32.4. The normalized spacial score (nSPS) is 20.4. The van der Waals surface area contributed by atoms with Crippen LogP contribution in [0.2, 0.25) is 0 Å². The molecule has 0 amide bonds. The lowest BCUT2D eigenvalue weighted by molar-refractivity contribution is -0.378. The van der Waals surface area contributed by atoms with Crippen LogP contribution in [-0.4, -0.2) is 18.9 Å². The molecule has 1 unspecified atom stereocenters. The Morgan fingerprint density at radius 3 is 2.79 bits per heavy atom. The average molecular weight is 476 g/mol. The van der Waals surface area contributed by atoms with Gasteiger partial charge in [-0.1, -0.05) is 6.42 Å². The summed E-state index contributed by atoms with van der Waals surface area (Å²) in [6.45, 7) is 0. The predicted molar refractivity (Wildman–Crippen MR) is 128 cm³/mol. The molecule has 1 atom stereocenters. The molecule has 3 heterocycles. The second kappa shape index (κ2) is 9.07. The molecular weight excluding hydrogens is 448 g/mol. The van der Waals surface area contributed by atoms with Crippen molar-refractivity contribution in [1.82, 2.24) is 0 Å². The third kappa shape index (κ3) is 3.51. The third-order valence-electron chi connectivity index (χ3n) is 6.97. The first-order valence-electron chi connectivity index (χ1n) is 11.7. The number of ketones is 1. The highest BCUT2D eigenvalue weighted by atomic mass is 32.1. The fourth-order valence-electron chi connectivity index (χ4n) is 5.44. The molecule has 0 aromatic carbocycles. The maximum absolute atomic E-state index is 13.3. The number of fused-ring (bicyclic) bond motifs is 1. The predicted octanol–water partition coefficient (Wildman–Crippen LogP) is 3.92. The third-order valence-corrected chi connectivity index (χ3v) is 8.25. The van der Waals surface area contributed by atoms with Gasteiger partial charge in [0.2, 0.25) is 0 Å². The molecule has 0 saturated carbocycles. The number of allylic oxidation sites excluding steroid dienone is 3. The Morgan fingerprint density at radius 2 is 2.06 bits per heavy atom. The molecular formula is C26H27N4O3S+. The molecule has 5 rings (SSSR count). The number of esters is 1. The van der Waals surface area contributed by atoms with E-state index in [9.17, 15) is 14.9 Å². The second-order valence-electron chi connectivity index (χ2n) is 8.89. The van der Waals surface area contributed by atoms with Crippen LogP contribution in [0.4, 0.5) is 5.00 Å². The summed E-state index contributed by atoms with van der Waals surface area (Å²) < 4.78 is 5.20. The Labute approximate surface area is 202 Å². The van der Waals surface area contributed by atoms with Gasteiger partial charge in [0, 0.05) is 34.2 Å². The van der Waals surface area contributed by atoms with E-state index < -0.39 is 11.9 Å². The smallest absolute Gasteiger partial charge is 0.341 e. The van der Waals surface area contributed by atoms with Gasteiger partial charge in [0.05, 0.1) is 30.2 Å². The molecule has 0 radical (unpaired) electrons. The van der Waals surface area contributed by atoms with E-state index in [-0.39, 0.29) is 11.6 Å². The lowest BCUT2D eigenvalue weighted by atomic mass is 9.76. The number of pyridine rings is 1. The number of Topliss-reactive ketones (excluding diaryl/α,β-unsaturated/α-hetero) is 1. The maximum Gasteiger partial charge on any atom is 0.341 e. The number of nitrogens with zero attached hydrogens (tertiary/aromatic N) is 2. The lowest BCUT2D eigenvalue weighted by Crippen LogP contribution is -2.39. The van der Waals surface area contributed by atoms with Crippen molar-refractivity contribution in [2.24, 2.45) is 5.73 Å². The van der Waals surface area contributed by atoms with Crippen LogP contribution in [0.15, 0.2) is 47.2 Å². The van der Waals surface area contributed by atoms with Crippen molar-refractivity contribution in [2.45, 2.75) is 57.3 Å². The minimum atomic E-state index is -0.527. The standard InChI is InChI=1S/C26H26N4O3S/c1-33-26(32)22-16-8-3-2-4-11-20(16)34-25(22)30-18-9-5-10-19(31)23(18)21(17(13-27)24(30)28)15-7-6-12-29-14-15/h6-7,12,14,21H,2-5,8-11,28H2,1H3/p+1. The Kier molecular flexibility index (Phi) is 5.96. The summed E-state index contributed by atoms with van der Waals surface area (Å²) in [6.07, 6.45) is 10.3. The van der Waals surface area contributed by atoms with Gasteiger partial charge in [0.1, 0.15) is 10.8 Å². The first-order chi connectivity index (χ1) is 16.6. The van der Waals surface area contributed by atoms with Crippen LogP contribution in [0.1, 0.15) is 70.8 Å². The molecule has 3 N–H and O–H groups in total. The van der Waals surface area contributed by atoms with Crippen LogP contribution < -0.4 is 15.6 Å². The number of carbonyl (C=O) groups is 2. The molecule has 2 aliphatic carbocycles. The molecule has 2 aromatic rings. The Balaban J connectivity index is 1.77. The quantitative estimate of drug-likeness (QED) is 0.532. The van der Waals surface area contributed by atoms with Gasteiger partial charge in [-0.2, -0.15) is 5.26 Å². The molecule has 0 fully saturated rings. The van der Waals surface area contributed by atoms with E-state index in [2.05, 4.69) is 11.1 Å². The largest absolute Gasteiger partial charge is 0.465 e. The number of aryl methyl sites for hydroxylation is 1. The number of carbonyl (C=O) groups excluding carboxylic acids is 2. The van der Waals surface area contributed by atoms with Crippen LogP contribution in [0.25, 0.3) is 0 Å². The van der Waals surface area contributed by atoms with E-state index in [4.69, 9.17) is 10.5 Å². The van der Waals surface area contributed by atoms with Crippen molar-refractivity contribution < 1.29 is 19.3 Å². The van der Waals surface area contributed by atoms with Gasteiger partial charge in [0.25, 0.3) is 0 Å². The minimum absolute atomic E-state index is 0.0260. The zero-order valence-electron chi connectivity index (χ0n) is 19.1. The number of hydrogen-bond donors (Lipinski definition) is 1. The van der Waals surface area contributed by atoms with Crippen molar-refractivity contribution in [3.63, 3.8) is 0 Å². The van der Waals surface area contributed by atoms with E-state index in [1.165, 1.54) is 12.0 Å². The van der Waals surface area contributed by atoms with Crippen molar-refractivity contribution in [1.29, 1.82) is 5.26 Å². The second-order valence-corrected chi connectivity index (χ2v) is 9.97. The highest BCUT2D eigenvalue weighted by Gasteiger charge is 2.43. The molecule has 3 aliphatic rings. The number of H-pyrrole nitrogens is 1. The summed E-state index contributed by atoms with van der Waals surface area (Å²) in [5.41, 5.74) is 10.8. The van der Waals surface area contributed by atoms with E-state index in [1.54, 1.807) is 17.5 Å². The molecule has 8 heteroatoms. The van der Waals surface area contributed by atoms with Crippen molar-refractivity contribution in [2.75, 3.05) is 12.0 Å². The van der Waals surface area contributed by atoms with E-state index in [0.717, 1.165) is 48.9 Å². The Bertz CT molecular complexity index is 1270. The van der Waals surface area contributed by atoms with Gasteiger partial charge in [-0.3, -0.25) is 9.69 Å². The summed E-state index contributed by atoms with van der Waals surface area (Å²) in [7, 11) is 1.39. The number of aromatic nitrogens is 1. The highest BCUT2D eigenvalue weighted by Crippen LogP contribution is 2.50. The number of nitrogens with two attached hydrogens (primary N) is 1. The molecule has 2 aromatic heterocycles. The van der Waals surface area contributed by atoms with Crippen molar-refractivity contribution >= 4 is 28.1 Å². The first-order valence-corrected chi connectivity index (χ1v) is 12.5. The lowest BCUT2D eigenvalue weighted by Gasteiger charge is -2.39. The fraction of sp³-hybridized carbons (Fsp3) is 0.385. The van der Waals surface area contributed by atoms with Gasteiger partial charge in [-0.05, 0) is 50.2 Å². The summed E-state index contributed by atoms with van der Waals surface area (Å²) >= 11 is 1.55. The van der Waals surface area contributed by atoms with Crippen LogP contribution in [0.3, 0.4) is 0 Å². The van der Waals surface area contributed by atoms with Gasteiger partial charge < -0.3 is 10.5 Å². The monoisotopic (exact) mass is 475 g/mol. The summed E-state index contributed by atoms with van der Waals surface area (Å²) in [5.74, 6) is -0.616. The Hall–Kier alpha value is -3.44. The number of nitrogens with one attached hydrogen (secondary N) is 1. The molecule has 174 valence electrons. The van der Waals surface area contributed by atoms with Crippen LogP contribution in [-0.2, 0) is 22.4 Å². The molecule has 0 saturated heterocycles. The molecule has 0 bridgehead atoms. The number of anilines is 1. The number of ether oxygens (including phenoxy) is 1. The zero-order chi connectivity index (χ0) is 23.8. The van der Waals surface area contributed by atoms with Crippen LogP contribution in [0.5, 0.6) is 0 Å². The Morgan fingerprint density at radius 1 is 1.24 bits per heavy atom. The summed E-state index contributed by atoms with van der Waals surface area (Å²) in [6, 6.07) is 6.05. The number of thiophene rings is 1. The number of methoxy groups -OCH3 is 1. The molecule has 7 nitrogen and oxygen atoms in total. The van der Waals surface area contributed by atoms with Crippen LogP contribution >= 0.6 is 11.3 Å². The van der Waals surface area contributed by atoms with Gasteiger partial charge in [-0.15, -0.1) is 11.3 Å². The number of hydrogen-bond acceptors (Lipinski definition) is 7. The minimum Gasteiger partial charge on any atom is -0.465 e. The van der Waals surface area contributed by atoms with Gasteiger partial charge in [-0.25, -0.2) is 9.78 Å². The molecule has 34 heavy (non-hydrogen) atoms. The zero-order valence-corrected chi connectivity index (χ0v) is 20.0. The molecule has 1 aliphatic heterocycles. The first kappa shape index (κ1) is 22.4. The maximum atomic E-state index is 13.3. The van der Waals surface area contributed by atoms with Crippen molar-refractivity contribution in [3.05, 3.63) is 68.8 Å². The van der Waals surface area contributed by atoms with Gasteiger partial charge in [0.15, 0.2) is 18.2 Å². The van der Waals surface area contributed by atoms with Crippen molar-refractivity contribution in [3.8, 4) is 6.07 Å². The summed E-state index contributed by atoms with van der Waals surface area (Å²) in [5, 5.41) is 10.9. The number of nitriles is 1. The van der Waals surface area contributed by atoms with Crippen LogP contribution in [0, 0.1) is 11.3 Å². The number of rotatable bonds is 3. The average Bonchev–Trinajstić information content (AvgIpc) is 3.04. The molecule has 0 spiro atoms. The SMILES string of the molecule is COC(=O)c1c(N2C(N)=C(C#N)C(c3ccc[nH+]c3)C3=C2CCCC3=O)sc2c1CCCCC2.